The number of rotatable bonds is 16. The largest absolute Gasteiger partial charge is 0.506 e. The fraction of sp³-hybridized carbons (Fsp3) is 0.356. The van der Waals surface area contributed by atoms with Gasteiger partial charge in [0, 0.05) is 63.3 Å². The first-order valence-electron chi connectivity index (χ1n) is 19.7. The third-order valence-electron chi connectivity index (χ3n) is 11.2. The lowest BCUT2D eigenvalue weighted by molar-refractivity contribution is -0.130. The van der Waals surface area contributed by atoms with Crippen LogP contribution in [-0.2, 0) is 16.0 Å². The van der Waals surface area contributed by atoms with Crippen LogP contribution in [0.5, 0.6) is 11.5 Å². The van der Waals surface area contributed by atoms with Crippen LogP contribution < -0.4 is 20.9 Å². The van der Waals surface area contributed by atoms with Crippen LogP contribution in [0.15, 0.2) is 108 Å². The summed E-state index contributed by atoms with van der Waals surface area (Å²) >= 11 is 0. The molecule has 1 aliphatic carbocycles. The van der Waals surface area contributed by atoms with Crippen LogP contribution in [-0.4, -0.2) is 96.0 Å². The number of likely N-dealkylation sites (tertiary alicyclic amines) is 1. The van der Waals surface area contributed by atoms with E-state index in [0.717, 1.165) is 61.5 Å². The molecule has 1 aromatic heterocycles. The first-order chi connectivity index (χ1) is 27.7. The average Bonchev–Trinajstić information content (AvgIpc) is 3.78. The highest BCUT2D eigenvalue weighted by atomic mass is 16.6. The molecule has 1 saturated carbocycles. The number of carbonyl (C=O) groups excluding carboxylic acids is 2. The molecule has 1 saturated heterocycles. The van der Waals surface area contributed by atoms with Crippen LogP contribution in [0, 0.1) is 11.8 Å². The van der Waals surface area contributed by atoms with Gasteiger partial charge in [0.15, 0.2) is 0 Å². The Labute approximate surface area is 332 Å². The Bertz CT molecular complexity index is 2180. The number of nitrogens with zero attached hydrogens (tertiary/aromatic N) is 2. The zero-order valence-electron chi connectivity index (χ0n) is 32.2. The van der Waals surface area contributed by atoms with Crippen molar-refractivity contribution in [3.63, 3.8) is 0 Å². The third kappa shape index (κ3) is 10.2. The number of aromatic nitrogens is 1. The number of aliphatic hydroxyl groups is 1. The molecule has 2 unspecified atom stereocenters. The number of hydrogen-bond donors (Lipinski definition) is 5. The lowest BCUT2D eigenvalue weighted by Crippen LogP contribution is -2.35. The molecule has 1 aliphatic heterocycles. The highest BCUT2D eigenvalue weighted by Crippen LogP contribution is 2.40. The smallest absolute Gasteiger partial charge is 0.411 e. The number of phenols is 1. The molecular formula is C45H51N5O7. The summed E-state index contributed by atoms with van der Waals surface area (Å²) in [6.45, 7) is 4.46. The molecule has 12 heteroatoms. The van der Waals surface area contributed by atoms with Gasteiger partial charge in [-0.05, 0) is 78.1 Å². The molecule has 0 radical (unpaired) electrons. The summed E-state index contributed by atoms with van der Waals surface area (Å²) in [5.74, 6) is 1.70. The van der Waals surface area contributed by atoms with Crippen molar-refractivity contribution in [1.82, 2.24) is 20.1 Å². The van der Waals surface area contributed by atoms with Gasteiger partial charge in [0.25, 0.3) is 0 Å². The zero-order valence-corrected chi connectivity index (χ0v) is 32.2. The standard InChI is InChI=1S/C45H51N5O7/c1-49(23-21-46-27-41(52)37-15-17-40(51)44-38(37)16-18-42(53)48-44)43(54)20-24-56-34-13-11-30(12-14-34)19-22-50-28-32-25-35(26-33(32)29-50)57-45(55)47-39-10-6-5-9-36(39)31-7-3-2-4-8-31/h2-18,32-33,35,41,46,51-52H,19-29H2,1H3,(H,47,55)(H,48,53)/t32-,33?,35?,41-/m0/s1. The summed E-state index contributed by atoms with van der Waals surface area (Å²) in [5.41, 5.74) is 4.53. The molecule has 57 heavy (non-hydrogen) atoms. The number of aromatic amines is 1. The Morgan fingerprint density at radius 1 is 0.930 bits per heavy atom. The Kier molecular flexibility index (Phi) is 12.8. The van der Waals surface area contributed by atoms with E-state index in [1.807, 2.05) is 66.7 Å². The first kappa shape index (κ1) is 39.5. The number of nitrogens with one attached hydrogen (secondary N) is 3. The molecule has 0 bridgehead atoms. The Hall–Kier alpha value is -5.69. The number of likely N-dealkylation sites (N-methyl/N-ethyl adjacent to an activating group) is 1. The van der Waals surface area contributed by atoms with E-state index in [1.165, 1.54) is 17.7 Å². The molecule has 5 N–H and O–H groups in total. The highest BCUT2D eigenvalue weighted by Gasteiger charge is 2.42. The van der Waals surface area contributed by atoms with Crippen LogP contribution in [0.2, 0.25) is 0 Å². The monoisotopic (exact) mass is 773 g/mol. The molecule has 2 heterocycles. The van der Waals surface area contributed by atoms with Crippen LogP contribution >= 0.6 is 0 Å². The van der Waals surface area contributed by atoms with Gasteiger partial charge in [-0.15, -0.1) is 0 Å². The molecule has 4 atom stereocenters. The Balaban J connectivity index is 0.758. The quantitative estimate of drug-likeness (QED) is 0.0765. The molecule has 2 fully saturated rings. The van der Waals surface area contributed by atoms with E-state index < -0.39 is 12.2 Å². The van der Waals surface area contributed by atoms with Gasteiger partial charge in [0.1, 0.15) is 17.6 Å². The molecule has 4 aromatic carbocycles. The number of benzene rings is 4. The maximum atomic E-state index is 12.9. The maximum Gasteiger partial charge on any atom is 0.411 e. The van der Waals surface area contributed by atoms with E-state index in [1.54, 1.807) is 24.1 Å². The summed E-state index contributed by atoms with van der Waals surface area (Å²) in [6, 6.07) is 31.9. The second-order valence-corrected chi connectivity index (χ2v) is 15.1. The van der Waals surface area contributed by atoms with E-state index in [4.69, 9.17) is 9.47 Å². The third-order valence-corrected chi connectivity index (χ3v) is 11.2. The highest BCUT2D eigenvalue weighted by molar-refractivity contribution is 5.91. The number of carbonyl (C=O) groups is 2. The number of phenolic OH excluding ortho intramolecular Hbond substituents is 1. The van der Waals surface area contributed by atoms with Crippen molar-refractivity contribution >= 4 is 28.6 Å². The molecule has 7 rings (SSSR count). The predicted octanol–water partition coefficient (Wildman–Crippen LogP) is 5.95. The van der Waals surface area contributed by atoms with Gasteiger partial charge in [0.05, 0.1) is 30.3 Å². The SMILES string of the molecule is CN(CCNC[C@H](O)c1ccc(O)c2[nH]c(=O)ccc12)C(=O)CCOc1ccc(CCN2CC3CC(OC(=O)Nc4ccccc4-c4ccccc4)C[C@H]3C2)cc1. The number of aromatic hydroxyl groups is 1. The number of para-hydroxylation sites is 1. The number of ether oxygens (including phenoxy) is 2. The van der Waals surface area contributed by atoms with E-state index in [2.05, 4.69) is 32.7 Å². The van der Waals surface area contributed by atoms with E-state index in [0.29, 0.717) is 35.9 Å². The van der Waals surface area contributed by atoms with Crippen molar-refractivity contribution in [2.45, 2.75) is 37.9 Å². The fourth-order valence-corrected chi connectivity index (χ4v) is 8.13. The Morgan fingerprint density at radius 3 is 2.44 bits per heavy atom. The van der Waals surface area contributed by atoms with Crippen LogP contribution in [0.4, 0.5) is 10.5 Å². The normalized spacial score (nSPS) is 18.2. The lowest BCUT2D eigenvalue weighted by Gasteiger charge is -2.20. The second-order valence-electron chi connectivity index (χ2n) is 15.1. The van der Waals surface area contributed by atoms with Gasteiger partial charge >= 0.3 is 6.09 Å². The number of amides is 2. The van der Waals surface area contributed by atoms with E-state index in [9.17, 15) is 24.6 Å². The van der Waals surface area contributed by atoms with Gasteiger partial charge in [-0.1, -0.05) is 66.7 Å². The molecule has 5 aromatic rings. The molecule has 0 spiro atoms. The van der Waals surface area contributed by atoms with Crippen molar-refractivity contribution in [2.24, 2.45) is 11.8 Å². The molecule has 12 nitrogen and oxygen atoms in total. The first-order valence-corrected chi connectivity index (χ1v) is 19.7. The van der Waals surface area contributed by atoms with Crippen molar-refractivity contribution in [1.29, 1.82) is 0 Å². The van der Waals surface area contributed by atoms with Gasteiger partial charge in [-0.25, -0.2) is 4.79 Å². The topological polar surface area (TPSA) is 156 Å². The van der Waals surface area contributed by atoms with Crippen LogP contribution in [0.25, 0.3) is 22.0 Å². The van der Waals surface area contributed by atoms with Gasteiger partial charge in [0.2, 0.25) is 11.5 Å². The lowest BCUT2D eigenvalue weighted by atomic mass is 10.0. The van der Waals surface area contributed by atoms with Crippen molar-refractivity contribution in [3.05, 3.63) is 125 Å². The summed E-state index contributed by atoms with van der Waals surface area (Å²) in [5, 5.41) is 27.6. The molecule has 298 valence electrons. The van der Waals surface area contributed by atoms with Crippen molar-refractivity contribution in [2.75, 3.05) is 58.2 Å². The van der Waals surface area contributed by atoms with Crippen molar-refractivity contribution < 1.29 is 29.3 Å². The summed E-state index contributed by atoms with van der Waals surface area (Å²) in [6.07, 6.45) is 1.64. The number of anilines is 1. The summed E-state index contributed by atoms with van der Waals surface area (Å²) < 4.78 is 11.8. The van der Waals surface area contributed by atoms with Crippen LogP contribution in [0.3, 0.4) is 0 Å². The molecule has 2 amide bonds. The summed E-state index contributed by atoms with van der Waals surface area (Å²) in [7, 11) is 1.74. The number of hydrogen-bond acceptors (Lipinski definition) is 9. The minimum Gasteiger partial charge on any atom is -0.506 e. The van der Waals surface area contributed by atoms with Gasteiger partial charge in [-0.3, -0.25) is 14.9 Å². The zero-order chi connectivity index (χ0) is 39.7. The Morgan fingerprint density at radius 2 is 1.67 bits per heavy atom. The maximum absolute atomic E-state index is 12.9. The number of fused-ring (bicyclic) bond motifs is 2. The van der Waals surface area contributed by atoms with E-state index in [-0.39, 0.29) is 48.4 Å². The number of aliphatic hydroxyl groups excluding tert-OH is 1. The predicted molar refractivity (Wildman–Crippen MR) is 220 cm³/mol. The average molecular weight is 774 g/mol. The van der Waals surface area contributed by atoms with Crippen LogP contribution in [0.1, 0.15) is 36.5 Å². The number of H-pyrrole nitrogens is 1. The number of pyridine rings is 1. The second kappa shape index (κ2) is 18.5. The van der Waals surface area contributed by atoms with Gasteiger partial charge in [-0.2, -0.15) is 0 Å². The minimum absolute atomic E-state index is 0.0383. The minimum atomic E-state index is -0.869. The fourth-order valence-electron chi connectivity index (χ4n) is 8.13. The summed E-state index contributed by atoms with van der Waals surface area (Å²) in [4.78, 5) is 44.0. The van der Waals surface area contributed by atoms with E-state index >= 15 is 0 Å². The van der Waals surface area contributed by atoms with Crippen molar-refractivity contribution in [3.8, 4) is 22.6 Å². The van der Waals surface area contributed by atoms with Gasteiger partial charge < -0.3 is 39.8 Å². The molecular weight excluding hydrogens is 723 g/mol. The molecule has 2 aliphatic rings.